The van der Waals surface area contributed by atoms with Gasteiger partial charge >= 0.3 is 0 Å². The van der Waals surface area contributed by atoms with Gasteiger partial charge in [-0.1, -0.05) is 75.7 Å². The lowest BCUT2D eigenvalue weighted by molar-refractivity contribution is -0.225. The van der Waals surface area contributed by atoms with E-state index >= 15 is 0 Å². The summed E-state index contributed by atoms with van der Waals surface area (Å²) >= 11 is 0. The summed E-state index contributed by atoms with van der Waals surface area (Å²) in [5.41, 5.74) is 4.25. The predicted molar refractivity (Wildman–Crippen MR) is 133 cm³/mol. The molecule has 0 radical (unpaired) electrons. The third-order valence-corrected chi connectivity index (χ3v) is 6.02. The van der Waals surface area contributed by atoms with Crippen molar-refractivity contribution in [2.45, 2.75) is 52.4 Å². The number of nitrogens with zero attached hydrogens (tertiary/aromatic N) is 6. The van der Waals surface area contributed by atoms with E-state index in [1.54, 1.807) is 14.2 Å². The number of hydrogen-bond acceptors (Lipinski definition) is 7. The molecule has 2 aromatic heterocycles. The summed E-state index contributed by atoms with van der Waals surface area (Å²) in [5, 5.41) is 19.2. The van der Waals surface area contributed by atoms with Crippen LogP contribution in [-0.2, 0) is 28.2 Å². The van der Waals surface area contributed by atoms with Gasteiger partial charge in [-0.15, -0.1) is 5.10 Å². The minimum absolute atomic E-state index is 0.429. The molecule has 0 saturated carbocycles. The van der Waals surface area contributed by atoms with Gasteiger partial charge < -0.3 is 9.47 Å². The first-order valence-electron chi connectivity index (χ1n) is 12.0. The number of rotatable bonds is 11. The second-order valence-electron chi connectivity index (χ2n) is 9.01. The van der Waals surface area contributed by atoms with E-state index in [0.717, 1.165) is 41.0 Å². The number of nitrogens with one attached hydrogen (secondary N) is 1. The molecule has 1 N–H and O–H groups in total. The van der Waals surface area contributed by atoms with Gasteiger partial charge in [0.05, 0.1) is 0 Å². The Morgan fingerprint density at radius 2 is 1.71 bits per heavy atom. The van der Waals surface area contributed by atoms with Gasteiger partial charge in [-0.2, -0.15) is 5.10 Å². The fourth-order valence-corrected chi connectivity index (χ4v) is 4.27. The highest BCUT2D eigenvalue weighted by Crippen LogP contribution is 2.31. The first kappa shape index (κ1) is 24.7. The summed E-state index contributed by atoms with van der Waals surface area (Å²) in [6, 6.07) is 16.6. The molecule has 184 valence electrons. The second kappa shape index (κ2) is 10.9. The first-order chi connectivity index (χ1) is 17.0. The van der Waals surface area contributed by atoms with Gasteiger partial charge in [-0.05, 0) is 33.0 Å². The van der Waals surface area contributed by atoms with Gasteiger partial charge in [-0.3, -0.25) is 0 Å². The van der Waals surface area contributed by atoms with Gasteiger partial charge in [0.15, 0.2) is 5.82 Å². The monoisotopic (exact) mass is 475 g/mol. The Morgan fingerprint density at radius 3 is 2.31 bits per heavy atom. The largest absolute Gasteiger partial charge is 0.347 e. The number of benzene rings is 2. The Balaban J connectivity index is 1.63. The van der Waals surface area contributed by atoms with E-state index in [1.807, 2.05) is 22.9 Å². The van der Waals surface area contributed by atoms with Crippen molar-refractivity contribution < 1.29 is 9.47 Å². The van der Waals surface area contributed by atoms with Gasteiger partial charge in [0.1, 0.15) is 5.82 Å². The number of aromatic nitrogens is 7. The molecule has 4 aromatic rings. The molecule has 0 atom stereocenters. The molecule has 4 rings (SSSR count). The highest BCUT2D eigenvalue weighted by atomic mass is 16.7. The maximum absolute atomic E-state index is 5.77. The van der Waals surface area contributed by atoms with E-state index in [1.165, 1.54) is 0 Å². The standard InChI is InChI=1S/C26H33N7O2/c1-6-15-26(34-4,35-5)25-27-23(33(30-25)17-18(2)3)16-19-11-13-20(14-12-19)21-9-7-8-10-22(21)24-28-31-32-29-24/h7-14,18H,6,15-17H2,1-5H3,(H,28,29,31,32). The van der Waals surface area contributed by atoms with Crippen LogP contribution in [0, 0.1) is 5.92 Å². The van der Waals surface area contributed by atoms with Gasteiger partial charge in [-0.25, -0.2) is 14.8 Å². The van der Waals surface area contributed by atoms with Crippen molar-refractivity contribution in [3.05, 3.63) is 65.7 Å². The van der Waals surface area contributed by atoms with E-state index in [9.17, 15) is 0 Å². The Labute approximate surface area is 205 Å². The molecule has 0 bridgehead atoms. The molecular weight excluding hydrogens is 442 g/mol. The SMILES string of the molecule is CCCC(OC)(OC)c1nc(Cc2ccc(-c3ccccc3-c3nnn[nH]3)cc2)n(CC(C)C)n1. The highest BCUT2D eigenvalue weighted by molar-refractivity contribution is 5.80. The van der Waals surface area contributed by atoms with Crippen LogP contribution < -0.4 is 0 Å². The first-order valence-corrected chi connectivity index (χ1v) is 12.0. The van der Waals surface area contributed by atoms with Crippen molar-refractivity contribution in [2.24, 2.45) is 5.92 Å². The van der Waals surface area contributed by atoms with Crippen LogP contribution in [0.5, 0.6) is 0 Å². The van der Waals surface area contributed by atoms with Gasteiger partial charge in [0.2, 0.25) is 11.6 Å². The van der Waals surface area contributed by atoms with E-state index < -0.39 is 5.79 Å². The predicted octanol–water partition coefficient (Wildman–Crippen LogP) is 4.62. The summed E-state index contributed by atoms with van der Waals surface area (Å²) in [7, 11) is 3.29. The van der Waals surface area contributed by atoms with Crippen LogP contribution in [0.2, 0.25) is 0 Å². The number of tetrazole rings is 1. The molecule has 9 heteroatoms. The van der Waals surface area contributed by atoms with Crippen molar-refractivity contribution in [2.75, 3.05) is 14.2 Å². The van der Waals surface area contributed by atoms with E-state index in [0.29, 0.717) is 30.4 Å². The fourth-order valence-electron chi connectivity index (χ4n) is 4.27. The smallest absolute Gasteiger partial charge is 0.231 e. The number of hydrogen-bond donors (Lipinski definition) is 1. The minimum Gasteiger partial charge on any atom is -0.347 e. The quantitative estimate of drug-likeness (QED) is 0.316. The lowest BCUT2D eigenvalue weighted by Crippen LogP contribution is -2.32. The lowest BCUT2D eigenvalue weighted by atomic mass is 9.98. The topological polar surface area (TPSA) is 104 Å². The lowest BCUT2D eigenvalue weighted by Gasteiger charge is -2.27. The zero-order valence-electron chi connectivity index (χ0n) is 21.0. The van der Waals surface area contributed by atoms with E-state index in [4.69, 9.17) is 19.6 Å². The summed E-state index contributed by atoms with van der Waals surface area (Å²) in [6.45, 7) is 7.22. The third kappa shape index (κ3) is 5.31. The molecule has 0 saturated heterocycles. The molecule has 9 nitrogen and oxygen atoms in total. The molecule has 0 amide bonds. The van der Waals surface area contributed by atoms with Crippen LogP contribution in [0.3, 0.4) is 0 Å². The highest BCUT2D eigenvalue weighted by Gasteiger charge is 2.36. The Morgan fingerprint density at radius 1 is 1.00 bits per heavy atom. The molecular formula is C26H33N7O2. The van der Waals surface area contributed by atoms with Crippen molar-refractivity contribution in [1.82, 2.24) is 35.4 Å². The van der Waals surface area contributed by atoms with Crippen LogP contribution in [0.25, 0.3) is 22.5 Å². The maximum atomic E-state index is 5.77. The van der Waals surface area contributed by atoms with E-state index in [-0.39, 0.29) is 0 Å². The third-order valence-electron chi connectivity index (χ3n) is 6.02. The van der Waals surface area contributed by atoms with Gasteiger partial charge in [0.25, 0.3) is 0 Å². The van der Waals surface area contributed by atoms with Crippen molar-refractivity contribution >= 4 is 0 Å². The summed E-state index contributed by atoms with van der Waals surface area (Å²) in [6.07, 6.45) is 2.23. The Bertz CT molecular complexity index is 1210. The van der Waals surface area contributed by atoms with E-state index in [2.05, 4.69) is 71.7 Å². The fraction of sp³-hybridized carbons (Fsp3) is 0.423. The molecule has 0 spiro atoms. The van der Waals surface area contributed by atoms with Crippen molar-refractivity contribution in [3.63, 3.8) is 0 Å². The zero-order valence-corrected chi connectivity index (χ0v) is 21.0. The average molecular weight is 476 g/mol. The van der Waals surface area contributed by atoms with Gasteiger partial charge in [0, 0.05) is 39.2 Å². The van der Waals surface area contributed by atoms with Crippen LogP contribution in [0.1, 0.15) is 50.8 Å². The molecule has 0 unspecified atom stereocenters. The van der Waals surface area contributed by atoms with Crippen LogP contribution in [0.4, 0.5) is 0 Å². The number of H-pyrrole nitrogens is 1. The number of aromatic amines is 1. The summed E-state index contributed by atoms with van der Waals surface area (Å²) < 4.78 is 13.5. The summed E-state index contributed by atoms with van der Waals surface area (Å²) in [5.74, 6) is 1.61. The second-order valence-corrected chi connectivity index (χ2v) is 9.01. The molecule has 0 aliphatic rings. The molecule has 35 heavy (non-hydrogen) atoms. The van der Waals surface area contributed by atoms with Crippen LogP contribution in [0.15, 0.2) is 48.5 Å². The Hall–Kier alpha value is -3.43. The average Bonchev–Trinajstić information content (AvgIpc) is 3.54. The van der Waals surface area contributed by atoms with Crippen LogP contribution in [-0.4, -0.2) is 49.6 Å². The summed E-state index contributed by atoms with van der Waals surface area (Å²) in [4.78, 5) is 4.90. The minimum atomic E-state index is -0.936. The van der Waals surface area contributed by atoms with Crippen molar-refractivity contribution in [3.8, 4) is 22.5 Å². The molecule has 2 heterocycles. The van der Waals surface area contributed by atoms with Crippen LogP contribution >= 0.6 is 0 Å². The normalized spacial score (nSPS) is 11.9. The van der Waals surface area contributed by atoms with Crippen molar-refractivity contribution in [1.29, 1.82) is 0 Å². The molecule has 0 fully saturated rings. The number of ether oxygens (including phenoxy) is 2. The Kier molecular flexibility index (Phi) is 7.67. The zero-order chi connectivity index (χ0) is 24.8. The maximum Gasteiger partial charge on any atom is 0.231 e. The molecule has 0 aliphatic heterocycles. The molecule has 0 aliphatic carbocycles. The number of methoxy groups -OCH3 is 2. The molecule has 2 aromatic carbocycles.